The molecule has 0 fully saturated rings. The molecule has 1 amide bonds. The standard InChI is InChI=1S/C15H13N3O2S/c16-14(19)12(8-10-4-2-1-3-5-10)18-9-17-11-6-7-21-13(11)15(18)20/h1-7,9,12H,8H2,(H2,16,19)/t12-/m0/s1. The number of carbonyl (C=O) groups excluding carboxylic acids is 1. The molecule has 6 heteroatoms. The Bertz CT molecular complexity index is 839. The summed E-state index contributed by atoms with van der Waals surface area (Å²) < 4.78 is 1.87. The molecule has 2 N–H and O–H groups in total. The number of aromatic nitrogens is 2. The average Bonchev–Trinajstić information content (AvgIpc) is 2.96. The summed E-state index contributed by atoms with van der Waals surface area (Å²) >= 11 is 1.32. The number of nitrogens with zero attached hydrogens (tertiary/aromatic N) is 2. The zero-order chi connectivity index (χ0) is 14.8. The van der Waals surface area contributed by atoms with Crippen LogP contribution >= 0.6 is 11.3 Å². The van der Waals surface area contributed by atoms with E-state index in [-0.39, 0.29) is 5.56 Å². The largest absolute Gasteiger partial charge is 0.368 e. The summed E-state index contributed by atoms with van der Waals surface area (Å²) in [5.74, 6) is -0.543. The highest BCUT2D eigenvalue weighted by molar-refractivity contribution is 7.17. The van der Waals surface area contributed by atoms with Gasteiger partial charge in [-0.15, -0.1) is 11.3 Å². The van der Waals surface area contributed by atoms with Gasteiger partial charge in [0, 0.05) is 6.42 Å². The Morgan fingerprint density at radius 3 is 2.76 bits per heavy atom. The van der Waals surface area contributed by atoms with E-state index in [0.29, 0.717) is 16.6 Å². The number of carbonyl (C=O) groups is 1. The Hall–Kier alpha value is -2.47. The van der Waals surface area contributed by atoms with Gasteiger partial charge < -0.3 is 5.73 Å². The van der Waals surface area contributed by atoms with Gasteiger partial charge in [0.1, 0.15) is 10.7 Å². The first-order valence-corrected chi connectivity index (χ1v) is 7.32. The summed E-state index contributed by atoms with van der Waals surface area (Å²) in [5, 5.41) is 1.81. The van der Waals surface area contributed by atoms with E-state index in [9.17, 15) is 9.59 Å². The minimum atomic E-state index is -0.737. The van der Waals surface area contributed by atoms with E-state index in [1.165, 1.54) is 22.2 Å². The van der Waals surface area contributed by atoms with Crippen molar-refractivity contribution in [2.24, 2.45) is 5.73 Å². The van der Waals surface area contributed by atoms with E-state index in [1.807, 2.05) is 30.3 Å². The number of thiophene rings is 1. The van der Waals surface area contributed by atoms with Gasteiger partial charge in [0.05, 0.1) is 11.8 Å². The summed E-state index contributed by atoms with van der Waals surface area (Å²) in [4.78, 5) is 28.4. The molecule has 1 atom stereocenters. The summed E-state index contributed by atoms with van der Waals surface area (Å²) in [6.45, 7) is 0. The van der Waals surface area contributed by atoms with Gasteiger partial charge in [-0.05, 0) is 17.0 Å². The van der Waals surface area contributed by atoms with Crippen molar-refractivity contribution in [3.8, 4) is 0 Å². The molecular weight excluding hydrogens is 286 g/mol. The zero-order valence-electron chi connectivity index (χ0n) is 11.1. The van der Waals surface area contributed by atoms with E-state index < -0.39 is 11.9 Å². The molecule has 0 spiro atoms. The van der Waals surface area contributed by atoms with E-state index in [1.54, 1.807) is 11.4 Å². The molecule has 106 valence electrons. The predicted molar refractivity (Wildman–Crippen MR) is 82.3 cm³/mol. The van der Waals surface area contributed by atoms with Crippen molar-refractivity contribution in [1.29, 1.82) is 0 Å². The van der Waals surface area contributed by atoms with Crippen molar-refractivity contribution in [1.82, 2.24) is 9.55 Å². The highest BCUT2D eigenvalue weighted by atomic mass is 32.1. The number of rotatable bonds is 4. The second-order valence-corrected chi connectivity index (χ2v) is 5.62. The molecule has 0 unspecified atom stereocenters. The maximum absolute atomic E-state index is 12.5. The zero-order valence-corrected chi connectivity index (χ0v) is 11.9. The average molecular weight is 299 g/mol. The molecule has 0 radical (unpaired) electrons. The van der Waals surface area contributed by atoms with Crippen molar-refractivity contribution >= 4 is 27.5 Å². The van der Waals surface area contributed by atoms with Crippen LogP contribution in [0.1, 0.15) is 11.6 Å². The first kappa shape index (κ1) is 13.5. The monoisotopic (exact) mass is 299 g/mol. The van der Waals surface area contributed by atoms with Crippen molar-refractivity contribution < 1.29 is 4.79 Å². The van der Waals surface area contributed by atoms with Crippen molar-refractivity contribution in [3.05, 3.63) is 64.0 Å². The van der Waals surface area contributed by atoms with Crippen LogP contribution in [-0.4, -0.2) is 15.5 Å². The van der Waals surface area contributed by atoms with Crippen LogP contribution in [-0.2, 0) is 11.2 Å². The second kappa shape index (κ2) is 5.49. The van der Waals surface area contributed by atoms with E-state index in [4.69, 9.17) is 5.73 Å². The fourth-order valence-electron chi connectivity index (χ4n) is 2.25. The third-order valence-corrected chi connectivity index (χ3v) is 4.22. The molecule has 0 saturated carbocycles. The summed E-state index contributed by atoms with van der Waals surface area (Å²) in [6.07, 6.45) is 1.77. The lowest BCUT2D eigenvalue weighted by Crippen LogP contribution is -2.35. The molecule has 0 aliphatic carbocycles. The molecular formula is C15H13N3O2S. The molecule has 0 aliphatic heterocycles. The van der Waals surface area contributed by atoms with Crippen LogP contribution < -0.4 is 11.3 Å². The fraction of sp³-hybridized carbons (Fsp3) is 0.133. The van der Waals surface area contributed by atoms with Gasteiger partial charge in [0.2, 0.25) is 5.91 Å². The molecule has 2 aromatic heterocycles. The Morgan fingerprint density at radius 2 is 2.05 bits per heavy atom. The van der Waals surface area contributed by atoms with E-state index in [2.05, 4.69) is 4.98 Å². The minimum absolute atomic E-state index is 0.227. The Balaban J connectivity index is 2.05. The maximum Gasteiger partial charge on any atom is 0.272 e. The molecule has 1 aromatic carbocycles. The van der Waals surface area contributed by atoms with Crippen LogP contribution in [0.2, 0.25) is 0 Å². The highest BCUT2D eigenvalue weighted by Gasteiger charge is 2.20. The molecule has 3 aromatic rings. The van der Waals surface area contributed by atoms with Crippen LogP contribution in [0.3, 0.4) is 0 Å². The summed E-state index contributed by atoms with van der Waals surface area (Å²) in [6, 6.07) is 10.5. The molecule has 0 aliphatic rings. The molecule has 0 bridgehead atoms. The number of benzene rings is 1. The number of fused-ring (bicyclic) bond motifs is 1. The van der Waals surface area contributed by atoms with E-state index >= 15 is 0 Å². The minimum Gasteiger partial charge on any atom is -0.368 e. The lowest BCUT2D eigenvalue weighted by molar-refractivity contribution is -0.121. The Kier molecular flexibility index (Phi) is 3.53. The quantitative estimate of drug-likeness (QED) is 0.797. The van der Waals surface area contributed by atoms with E-state index in [0.717, 1.165) is 5.56 Å². The van der Waals surface area contributed by atoms with Crippen LogP contribution in [0.25, 0.3) is 10.2 Å². The van der Waals surface area contributed by atoms with Gasteiger partial charge >= 0.3 is 0 Å². The summed E-state index contributed by atoms with van der Waals surface area (Å²) in [5.41, 5.74) is 6.84. The van der Waals surface area contributed by atoms with Crippen molar-refractivity contribution in [3.63, 3.8) is 0 Å². The number of hydrogen-bond acceptors (Lipinski definition) is 4. The third-order valence-electron chi connectivity index (χ3n) is 3.33. The van der Waals surface area contributed by atoms with Crippen LogP contribution in [0.4, 0.5) is 0 Å². The maximum atomic E-state index is 12.5. The van der Waals surface area contributed by atoms with Gasteiger partial charge in [-0.25, -0.2) is 4.98 Å². The Labute approximate surface area is 124 Å². The molecule has 0 saturated heterocycles. The van der Waals surface area contributed by atoms with Gasteiger partial charge in [0.15, 0.2) is 0 Å². The van der Waals surface area contributed by atoms with Gasteiger partial charge in [0.25, 0.3) is 5.56 Å². The first-order valence-electron chi connectivity index (χ1n) is 6.44. The van der Waals surface area contributed by atoms with Crippen LogP contribution in [0.15, 0.2) is 52.9 Å². The van der Waals surface area contributed by atoms with Crippen molar-refractivity contribution in [2.45, 2.75) is 12.5 Å². The molecule has 5 nitrogen and oxygen atoms in total. The lowest BCUT2D eigenvalue weighted by Gasteiger charge is -2.16. The summed E-state index contributed by atoms with van der Waals surface area (Å²) in [7, 11) is 0. The number of primary amides is 1. The Morgan fingerprint density at radius 1 is 1.29 bits per heavy atom. The van der Waals surface area contributed by atoms with Crippen LogP contribution in [0, 0.1) is 0 Å². The topological polar surface area (TPSA) is 78.0 Å². The third kappa shape index (κ3) is 2.57. The fourth-order valence-corrected chi connectivity index (χ4v) is 3.03. The highest BCUT2D eigenvalue weighted by Crippen LogP contribution is 2.17. The molecule has 3 rings (SSSR count). The lowest BCUT2D eigenvalue weighted by atomic mass is 10.1. The molecule has 2 heterocycles. The first-order chi connectivity index (χ1) is 10.2. The molecule has 21 heavy (non-hydrogen) atoms. The van der Waals surface area contributed by atoms with Crippen LogP contribution in [0.5, 0.6) is 0 Å². The number of amides is 1. The number of nitrogens with two attached hydrogens (primary N) is 1. The normalized spacial score (nSPS) is 12.4. The predicted octanol–water partition coefficient (Wildman–Crippen LogP) is 1.73. The SMILES string of the molecule is NC(=O)[C@H](Cc1ccccc1)n1cnc2ccsc2c1=O. The smallest absolute Gasteiger partial charge is 0.272 e. The van der Waals surface area contributed by atoms with Crippen molar-refractivity contribution in [2.75, 3.05) is 0 Å². The number of hydrogen-bond donors (Lipinski definition) is 1. The van der Waals surface area contributed by atoms with Gasteiger partial charge in [-0.2, -0.15) is 0 Å². The van der Waals surface area contributed by atoms with Gasteiger partial charge in [-0.1, -0.05) is 30.3 Å². The second-order valence-electron chi connectivity index (χ2n) is 4.70. The van der Waals surface area contributed by atoms with Gasteiger partial charge in [-0.3, -0.25) is 14.2 Å².